The summed E-state index contributed by atoms with van der Waals surface area (Å²) in [4.78, 5) is 24.3. The van der Waals surface area contributed by atoms with E-state index in [9.17, 15) is 24.4 Å². The molecule has 0 spiro atoms. The van der Waals surface area contributed by atoms with Crippen LogP contribution in [0.1, 0.15) is 42.3 Å². The molecule has 1 N–H and O–H groups in total. The van der Waals surface area contributed by atoms with Crippen molar-refractivity contribution in [2.45, 2.75) is 39.1 Å². The molecule has 2 rings (SSSR count). The number of nitro groups is 1. The van der Waals surface area contributed by atoms with Crippen molar-refractivity contribution in [1.29, 1.82) is 0 Å². The van der Waals surface area contributed by atoms with Crippen LogP contribution in [0.4, 0.5) is 10.1 Å². The predicted octanol–water partition coefficient (Wildman–Crippen LogP) is 2.69. The molecular formula is C16H19FN2O4. The zero-order chi connectivity index (χ0) is 17.5. The number of nitrogens with zero attached hydrogens (tertiary/aromatic N) is 2. The van der Waals surface area contributed by atoms with Crippen LogP contribution in [-0.2, 0) is 6.54 Å². The Balaban J connectivity index is 2.36. The Morgan fingerprint density at radius 2 is 2.17 bits per heavy atom. The lowest BCUT2D eigenvalue weighted by Gasteiger charge is -2.26. The number of benzene rings is 1. The third-order valence-corrected chi connectivity index (χ3v) is 3.90. The van der Waals surface area contributed by atoms with Gasteiger partial charge in [0.1, 0.15) is 6.17 Å². The van der Waals surface area contributed by atoms with Gasteiger partial charge < -0.3 is 10.0 Å². The molecule has 6 nitrogen and oxygen atoms in total. The fourth-order valence-corrected chi connectivity index (χ4v) is 2.47. The van der Waals surface area contributed by atoms with Gasteiger partial charge in [-0.1, -0.05) is 6.58 Å². The van der Waals surface area contributed by atoms with Gasteiger partial charge in [-0.05, 0) is 38.0 Å². The minimum absolute atomic E-state index is 0.0853. The van der Waals surface area contributed by atoms with Crippen molar-refractivity contribution in [3.05, 3.63) is 45.5 Å². The normalized spacial score (nSPS) is 15.5. The van der Waals surface area contributed by atoms with Crippen LogP contribution in [0, 0.1) is 10.1 Å². The summed E-state index contributed by atoms with van der Waals surface area (Å²) in [7, 11) is 0. The summed E-state index contributed by atoms with van der Waals surface area (Å²) in [5, 5.41) is 20.8. The van der Waals surface area contributed by atoms with Gasteiger partial charge in [0.05, 0.1) is 22.6 Å². The van der Waals surface area contributed by atoms with Gasteiger partial charge in [0.2, 0.25) is 0 Å². The molecule has 1 aliphatic heterocycles. The maximum absolute atomic E-state index is 14.0. The molecule has 0 radical (unpaired) electrons. The molecule has 1 heterocycles. The highest BCUT2D eigenvalue weighted by Gasteiger charge is 2.36. The Labute approximate surface area is 133 Å². The fraction of sp³-hybridized carbons (Fsp3) is 0.438. The Morgan fingerprint density at radius 3 is 2.65 bits per heavy atom. The topological polar surface area (TPSA) is 83.7 Å². The molecule has 1 aromatic rings. The van der Waals surface area contributed by atoms with Gasteiger partial charge >= 0.3 is 0 Å². The van der Waals surface area contributed by atoms with Gasteiger partial charge in [-0.15, -0.1) is 0 Å². The lowest BCUT2D eigenvalue weighted by atomic mass is 10.00. The summed E-state index contributed by atoms with van der Waals surface area (Å²) in [5.74, 6) is -0.399. The number of nitro benzene ring substituents is 1. The third kappa shape index (κ3) is 3.24. The van der Waals surface area contributed by atoms with E-state index in [1.54, 1.807) is 6.92 Å². The molecule has 0 aromatic heterocycles. The van der Waals surface area contributed by atoms with Crippen molar-refractivity contribution in [3.63, 3.8) is 0 Å². The lowest BCUT2D eigenvalue weighted by Crippen LogP contribution is -2.42. The van der Waals surface area contributed by atoms with Crippen molar-refractivity contribution < 1.29 is 19.2 Å². The lowest BCUT2D eigenvalue weighted by molar-refractivity contribution is -0.385. The highest BCUT2D eigenvalue weighted by molar-refractivity contribution is 6.00. The number of aliphatic hydroxyl groups is 1. The van der Waals surface area contributed by atoms with Gasteiger partial charge in [0.15, 0.2) is 0 Å². The predicted molar refractivity (Wildman–Crippen MR) is 83.7 cm³/mol. The number of alkyl halides is 1. The van der Waals surface area contributed by atoms with E-state index >= 15 is 0 Å². The fourth-order valence-electron chi connectivity index (χ4n) is 2.47. The van der Waals surface area contributed by atoms with Crippen LogP contribution in [0.15, 0.2) is 18.7 Å². The summed E-state index contributed by atoms with van der Waals surface area (Å²) < 4.78 is 14.0. The summed E-state index contributed by atoms with van der Waals surface area (Å²) >= 11 is 0. The first-order chi connectivity index (χ1) is 10.5. The zero-order valence-corrected chi connectivity index (χ0v) is 13.3. The van der Waals surface area contributed by atoms with Crippen LogP contribution in [0.3, 0.4) is 0 Å². The van der Waals surface area contributed by atoms with Crippen LogP contribution >= 0.6 is 0 Å². The van der Waals surface area contributed by atoms with E-state index in [4.69, 9.17) is 0 Å². The van der Waals surface area contributed by atoms with Crippen molar-refractivity contribution >= 4 is 17.2 Å². The van der Waals surface area contributed by atoms with Gasteiger partial charge in [-0.3, -0.25) is 14.9 Å². The number of carbonyl (C=O) groups is 1. The number of fused-ring (bicyclic) bond motifs is 1. The molecule has 7 heteroatoms. The number of carbonyl (C=O) groups excluding carboxylic acids is 1. The zero-order valence-electron chi connectivity index (χ0n) is 13.3. The van der Waals surface area contributed by atoms with Crippen LogP contribution in [0.5, 0.6) is 0 Å². The number of hydrogen-bond donors (Lipinski definition) is 1. The molecule has 0 bridgehead atoms. The maximum Gasteiger partial charge on any atom is 0.277 e. The first-order valence-electron chi connectivity index (χ1n) is 7.15. The molecule has 0 aliphatic carbocycles. The van der Waals surface area contributed by atoms with E-state index in [0.29, 0.717) is 22.3 Å². The quantitative estimate of drug-likeness (QED) is 0.667. The molecule has 0 fully saturated rings. The number of hydrogen-bond acceptors (Lipinski definition) is 4. The van der Waals surface area contributed by atoms with Crippen molar-refractivity contribution in [2.75, 3.05) is 6.54 Å². The van der Waals surface area contributed by atoms with E-state index in [1.807, 2.05) is 0 Å². The first-order valence-corrected chi connectivity index (χ1v) is 7.15. The summed E-state index contributed by atoms with van der Waals surface area (Å²) in [6, 6.07) is 2.78. The number of amides is 1. The molecule has 1 atom stereocenters. The van der Waals surface area contributed by atoms with Gasteiger partial charge in [0.25, 0.3) is 11.6 Å². The summed E-state index contributed by atoms with van der Waals surface area (Å²) in [6.45, 7) is 7.79. The van der Waals surface area contributed by atoms with E-state index in [-0.39, 0.29) is 18.8 Å². The monoisotopic (exact) mass is 322 g/mol. The Bertz CT molecular complexity index is 694. The van der Waals surface area contributed by atoms with Crippen LogP contribution in [-0.4, -0.2) is 39.2 Å². The molecule has 1 aliphatic rings. The average Bonchev–Trinajstić information content (AvgIpc) is 2.72. The van der Waals surface area contributed by atoms with Gasteiger partial charge in [-0.25, -0.2) is 4.39 Å². The summed E-state index contributed by atoms with van der Waals surface area (Å²) in [6.07, 6.45) is -1.61. The largest absolute Gasteiger partial charge is 0.387 e. The second-order valence-corrected chi connectivity index (χ2v) is 6.37. The standard InChI is InChI=1S/C16H19FN2O4/c1-9(2)11-6-12-10(5-13(11)19(22)23)7-18(15(12)20)8-14(17)16(3,4)21/h5-6,14,21H,1,7-8H2,2-4H3. The Morgan fingerprint density at radius 1 is 1.57 bits per heavy atom. The molecule has 124 valence electrons. The van der Waals surface area contributed by atoms with Crippen molar-refractivity contribution in [1.82, 2.24) is 4.90 Å². The van der Waals surface area contributed by atoms with Crippen LogP contribution in [0.25, 0.3) is 5.57 Å². The smallest absolute Gasteiger partial charge is 0.277 e. The molecule has 23 heavy (non-hydrogen) atoms. The molecular weight excluding hydrogens is 303 g/mol. The number of halogens is 1. The van der Waals surface area contributed by atoms with E-state index in [0.717, 1.165) is 0 Å². The summed E-state index contributed by atoms with van der Waals surface area (Å²) in [5.41, 5.74) is -0.116. The Kier molecular flexibility index (Phi) is 4.26. The Hall–Kier alpha value is -2.28. The second-order valence-electron chi connectivity index (χ2n) is 6.37. The highest BCUT2D eigenvalue weighted by Crippen LogP contribution is 2.33. The average molecular weight is 322 g/mol. The van der Waals surface area contributed by atoms with Crippen LogP contribution < -0.4 is 0 Å². The SMILES string of the molecule is C=C(C)c1cc2c(cc1[N+](=O)[O-])CN(CC(F)C(C)(C)O)C2=O. The van der Waals surface area contributed by atoms with Gasteiger partial charge in [0, 0.05) is 18.2 Å². The number of rotatable bonds is 5. The van der Waals surface area contributed by atoms with Gasteiger partial charge in [-0.2, -0.15) is 0 Å². The first kappa shape index (κ1) is 17.1. The van der Waals surface area contributed by atoms with Crippen LogP contribution in [0.2, 0.25) is 0 Å². The van der Waals surface area contributed by atoms with Crippen molar-refractivity contribution in [3.8, 4) is 0 Å². The maximum atomic E-state index is 14.0. The van der Waals surface area contributed by atoms with E-state index < -0.39 is 22.6 Å². The number of allylic oxidation sites excluding steroid dienone is 1. The van der Waals surface area contributed by atoms with E-state index in [2.05, 4.69) is 6.58 Å². The van der Waals surface area contributed by atoms with Crippen molar-refractivity contribution in [2.24, 2.45) is 0 Å². The third-order valence-electron chi connectivity index (χ3n) is 3.90. The minimum atomic E-state index is -1.61. The molecule has 1 aromatic carbocycles. The highest BCUT2D eigenvalue weighted by atomic mass is 19.1. The molecule has 1 unspecified atom stereocenters. The second kappa shape index (κ2) is 5.73. The molecule has 0 saturated carbocycles. The molecule has 1 amide bonds. The minimum Gasteiger partial charge on any atom is -0.387 e. The molecule has 0 saturated heterocycles. The van der Waals surface area contributed by atoms with E-state index in [1.165, 1.54) is 30.9 Å².